The Kier molecular flexibility index (Phi) is 4.12. The van der Waals surface area contributed by atoms with Crippen molar-refractivity contribution in [2.24, 2.45) is 0 Å². The number of hydrogen-bond acceptors (Lipinski definition) is 3. The first-order valence-electron chi connectivity index (χ1n) is 4.86. The number of rotatable bonds is 2. The first kappa shape index (κ1) is 13.6. The van der Waals surface area contributed by atoms with Crippen molar-refractivity contribution in [1.29, 1.82) is 0 Å². The molecule has 94 valence electrons. The number of alkyl halides is 3. The largest absolute Gasteiger partial charge is 0.298 e. The molecule has 2 rings (SSSR count). The quantitative estimate of drug-likeness (QED) is 0.845. The first-order chi connectivity index (χ1) is 8.47. The summed E-state index contributed by atoms with van der Waals surface area (Å²) in [6.07, 6.45) is 0. The molecule has 2 aromatic rings. The Hall–Kier alpha value is -0.810. The molecule has 0 atom stereocenters. The Morgan fingerprint density at radius 3 is 2.50 bits per heavy atom. The van der Waals surface area contributed by atoms with E-state index in [-0.39, 0.29) is 0 Å². The van der Waals surface area contributed by atoms with Crippen LogP contribution in [0.1, 0.15) is 0 Å². The highest BCUT2D eigenvalue weighted by Crippen LogP contribution is 2.30. The minimum atomic E-state index is -1.99. The van der Waals surface area contributed by atoms with E-state index in [4.69, 9.17) is 34.8 Å². The van der Waals surface area contributed by atoms with Gasteiger partial charge in [-0.1, -0.05) is 65.1 Å². The summed E-state index contributed by atoms with van der Waals surface area (Å²) in [7, 11) is 0. The molecular weight excluding hydrogens is 315 g/mol. The Morgan fingerprint density at radius 2 is 1.89 bits per heavy atom. The van der Waals surface area contributed by atoms with Crippen molar-refractivity contribution in [2.75, 3.05) is 5.32 Å². The van der Waals surface area contributed by atoms with Crippen LogP contribution in [0, 0.1) is 0 Å². The summed E-state index contributed by atoms with van der Waals surface area (Å²) in [5.41, 5.74) is 1.73. The van der Waals surface area contributed by atoms with Gasteiger partial charge in [0.25, 0.3) is 9.70 Å². The first-order valence-corrected chi connectivity index (χ1v) is 6.87. The maximum absolute atomic E-state index is 11.4. The number of aromatic nitrogens is 1. The fourth-order valence-corrected chi connectivity index (χ4v) is 2.10. The Bertz CT molecular complexity index is 551. The van der Waals surface area contributed by atoms with E-state index in [1.807, 2.05) is 35.7 Å². The molecule has 1 aromatic heterocycles. The second-order valence-electron chi connectivity index (χ2n) is 3.36. The van der Waals surface area contributed by atoms with Crippen LogP contribution >= 0.6 is 46.1 Å². The van der Waals surface area contributed by atoms with E-state index in [0.29, 0.717) is 5.13 Å². The molecule has 18 heavy (non-hydrogen) atoms. The molecule has 0 saturated heterocycles. The average molecular weight is 322 g/mol. The van der Waals surface area contributed by atoms with Gasteiger partial charge in [0.15, 0.2) is 5.13 Å². The smallest absolute Gasteiger partial charge is 0.278 e. The number of hydrogen-bond donors (Lipinski definition) is 1. The molecule has 1 heterocycles. The molecule has 7 heteroatoms. The van der Waals surface area contributed by atoms with Crippen LogP contribution in [0.25, 0.3) is 11.3 Å². The maximum Gasteiger partial charge on any atom is 0.278 e. The highest BCUT2D eigenvalue weighted by molar-refractivity contribution is 7.14. The summed E-state index contributed by atoms with van der Waals surface area (Å²) < 4.78 is -1.99. The van der Waals surface area contributed by atoms with E-state index in [1.54, 1.807) is 0 Å². The van der Waals surface area contributed by atoms with Gasteiger partial charge in [0, 0.05) is 10.9 Å². The molecule has 1 amide bonds. The van der Waals surface area contributed by atoms with Gasteiger partial charge in [0.1, 0.15) is 0 Å². The van der Waals surface area contributed by atoms with Gasteiger partial charge in [0.05, 0.1) is 5.69 Å². The maximum atomic E-state index is 11.4. The summed E-state index contributed by atoms with van der Waals surface area (Å²) in [5.74, 6) is -0.721. The monoisotopic (exact) mass is 320 g/mol. The molecular formula is C11H7Cl3N2OS. The van der Waals surface area contributed by atoms with E-state index in [2.05, 4.69) is 10.3 Å². The summed E-state index contributed by atoms with van der Waals surface area (Å²) >= 11 is 17.6. The van der Waals surface area contributed by atoms with Crippen molar-refractivity contribution < 1.29 is 4.79 Å². The minimum Gasteiger partial charge on any atom is -0.298 e. The summed E-state index contributed by atoms with van der Waals surface area (Å²) in [6.45, 7) is 0. The zero-order chi connectivity index (χ0) is 13.2. The van der Waals surface area contributed by atoms with E-state index in [1.165, 1.54) is 11.3 Å². The van der Waals surface area contributed by atoms with E-state index < -0.39 is 9.70 Å². The van der Waals surface area contributed by atoms with Gasteiger partial charge in [-0.2, -0.15) is 0 Å². The lowest BCUT2D eigenvalue weighted by Gasteiger charge is -2.08. The Balaban J connectivity index is 2.15. The van der Waals surface area contributed by atoms with Crippen molar-refractivity contribution in [3.05, 3.63) is 35.7 Å². The number of anilines is 1. The average Bonchev–Trinajstić information content (AvgIpc) is 2.77. The van der Waals surface area contributed by atoms with E-state index in [9.17, 15) is 4.79 Å². The van der Waals surface area contributed by atoms with Crippen LogP contribution in [-0.4, -0.2) is 14.7 Å². The predicted octanol–water partition coefficient (Wildman–Crippen LogP) is 4.12. The molecule has 1 N–H and O–H groups in total. The number of carbonyl (C=O) groups excluding carboxylic acids is 1. The van der Waals surface area contributed by atoms with Crippen LogP contribution in [-0.2, 0) is 4.79 Å². The molecule has 0 spiro atoms. The van der Waals surface area contributed by atoms with Crippen LogP contribution in [0.2, 0.25) is 0 Å². The van der Waals surface area contributed by atoms with Crippen molar-refractivity contribution in [2.45, 2.75) is 3.79 Å². The van der Waals surface area contributed by atoms with Gasteiger partial charge in [-0.15, -0.1) is 11.3 Å². The van der Waals surface area contributed by atoms with E-state index >= 15 is 0 Å². The molecule has 0 radical (unpaired) electrons. The van der Waals surface area contributed by atoms with Gasteiger partial charge in [-0.25, -0.2) is 4.98 Å². The minimum absolute atomic E-state index is 0.394. The van der Waals surface area contributed by atoms with Gasteiger partial charge in [-0.3, -0.25) is 10.1 Å². The van der Waals surface area contributed by atoms with Crippen LogP contribution in [0.15, 0.2) is 35.7 Å². The standard InChI is InChI=1S/C11H7Cl3N2OS/c12-11(13,14)9(17)16-10-15-8(6-18-10)7-4-2-1-3-5-7/h1-6H,(H,15,16,17). The number of carbonyl (C=O) groups is 1. The van der Waals surface area contributed by atoms with Crippen LogP contribution in [0.5, 0.6) is 0 Å². The van der Waals surface area contributed by atoms with Crippen LogP contribution in [0.4, 0.5) is 5.13 Å². The molecule has 0 aliphatic carbocycles. The second kappa shape index (κ2) is 5.45. The van der Waals surface area contributed by atoms with Crippen molar-refractivity contribution >= 4 is 57.2 Å². The highest BCUT2D eigenvalue weighted by Gasteiger charge is 2.31. The Labute approximate surface area is 123 Å². The van der Waals surface area contributed by atoms with Crippen molar-refractivity contribution in [1.82, 2.24) is 4.98 Å². The third-order valence-electron chi connectivity index (χ3n) is 2.05. The SMILES string of the molecule is O=C(Nc1nc(-c2ccccc2)cs1)C(Cl)(Cl)Cl. The lowest BCUT2D eigenvalue weighted by atomic mass is 10.2. The molecule has 0 saturated carbocycles. The molecule has 0 bridgehead atoms. The van der Waals surface area contributed by atoms with E-state index in [0.717, 1.165) is 11.3 Å². The molecule has 0 fully saturated rings. The lowest BCUT2D eigenvalue weighted by Crippen LogP contribution is -2.26. The van der Waals surface area contributed by atoms with Crippen molar-refractivity contribution in [3.8, 4) is 11.3 Å². The zero-order valence-corrected chi connectivity index (χ0v) is 11.9. The Morgan fingerprint density at radius 1 is 1.22 bits per heavy atom. The number of nitrogens with one attached hydrogen (secondary N) is 1. The predicted molar refractivity (Wildman–Crippen MR) is 76.5 cm³/mol. The number of halogens is 3. The zero-order valence-electron chi connectivity index (χ0n) is 8.86. The highest BCUT2D eigenvalue weighted by atomic mass is 35.6. The van der Waals surface area contributed by atoms with Crippen LogP contribution in [0.3, 0.4) is 0 Å². The molecule has 0 aliphatic heterocycles. The van der Waals surface area contributed by atoms with Gasteiger partial charge in [0.2, 0.25) is 0 Å². The summed E-state index contributed by atoms with van der Waals surface area (Å²) in [4.78, 5) is 15.7. The third-order valence-corrected chi connectivity index (χ3v) is 3.32. The summed E-state index contributed by atoms with van der Waals surface area (Å²) in [5, 5.41) is 4.66. The number of thiazole rings is 1. The van der Waals surface area contributed by atoms with Gasteiger partial charge in [-0.05, 0) is 0 Å². The number of nitrogens with zero attached hydrogens (tertiary/aromatic N) is 1. The van der Waals surface area contributed by atoms with Gasteiger partial charge >= 0.3 is 0 Å². The van der Waals surface area contributed by atoms with Gasteiger partial charge < -0.3 is 0 Å². The van der Waals surface area contributed by atoms with Crippen molar-refractivity contribution in [3.63, 3.8) is 0 Å². The fraction of sp³-hybridized carbons (Fsp3) is 0.0909. The summed E-state index contributed by atoms with van der Waals surface area (Å²) in [6, 6.07) is 9.59. The second-order valence-corrected chi connectivity index (χ2v) is 6.50. The fourth-order valence-electron chi connectivity index (χ4n) is 1.24. The number of benzene rings is 1. The molecule has 3 nitrogen and oxygen atoms in total. The number of amides is 1. The lowest BCUT2D eigenvalue weighted by molar-refractivity contribution is -0.115. The third kappa shape index (κ3) is 3.36. The molecule has 1 aromatic carbocycles. The molecule has 0 aliphatic rings. The topological polar surface area (TPSA) is 42.0 Å². The molecule has 0 unspecified atom stereocenters. The normalized spacial score (nSPS) is 11.3. The van der Waals surface area contributed by atoms with Crippen LogP contribution < -0.4 is 5.32 Å².